The smallest absolute Gasteiger partial charge is 0.228 e. The molecule has 4 aromatic carbocycles. The molecule has 4 nitrogen and oxygen atoms in total. The molecule has 5 heteroatoms. The predicted molar refractivity (Wildman–Crippen MR) is 119 cm³/mol. The second kappa shape index (κ2) is 5.65. The van der Waals surface area contributed by atoms with Crippen molar-refractivity contribution in [2.75, 3.05) is 0 Å². The van der Waals surface area contributed by atoms with Crippen molar-refractivity contribution in [2.24, 2.45) is 0 Å². The first-order valence-electron chi connectivity index (χ1n) is 9.58. The van der Waals surface area contributed by atoms with E-state index in [4.69, 9.17) is 29.8 Å². The largest absolute Gasteiger partial charge is 0.456 e. The van der Waals surface area contributed by atoms with Gasteiger partial charge in [-0.3, -0.25) is 0 Å². The van der Waals surface area contributed by atoms with E-state index in [0.29, 0.717) is 16.5 Å². The van der Waals surface area contributed by atoms with E-state index in [0.717, 1.165) is 55.0 Å². The standard InChI is InChI=1S/C25H12ClNO3/c26-13-8-9-18-16(12-13)23-20(29-18)10-11-21-24(23)27-25(30-21)15-5-3-7-19-22(15)14-4-1-2-6-17(14)28-19/h1-12H. The summed E-state index contributed by atoms with van der Waals surface area (Å²) in [5.41, 5.74) is 5.53. The quantitative estimate of drug-likeness (QED) is 0.276. The lowest BCUT2D eigenvalue weighted by Gasteiger charge is -1.97. The molecule has 7 aromatic rings. The van der Waals surface area contributed by atoms with Gasteiger partial charge in [-0.2, -0.15) is 0 Å². The maximum absolute atomic E-state index is 6.24. The van der Waals surface area contributed by atoms with Gasteiger partial charge in [0.05, 0.1) is 5.39 Å². The maximum atomic E-state index is 6.24. The van der Waals surface area contributed by atoms with E-state index in [1.807, 2.05) is 66.7 Å². The van der Waals surface area contributed by atoms with Crippen LogP contribution in [0.25, 0.3) is 66.4 Å². The highest BCUT2D eigenvalue weighted by Crippen LogP contribution is 2.40. The molecule has 0 unspecified atom stereocenters. The van der Waals surface area contributed by atoms with Crippen LogP contribution < -0.4 is 0 Å². The Morgan fingerprint density at radius 1 is 0.600 bits per heavy atom. The molecular weight excluding hydrogens is 398 g/mol. The Balaban J connectivity index is 1.59. The molecule has 3 aromatic heterocycles. The van der Waals surface area contributed by atoms with Crippen molar-refractivity contribution in [3.8, 4) is 11.5 Å². The maximum Gasteiger partial charge on any atom is 0.228 e. The van der Waals surface area contributed by atoms with Crippen molar-refractivity contribution in [1.29, 1.82) is 0 Å². The lowest BCUT2D eigenvalue weighted by atomic mass is 10.1. The summed E-state index contributed by atoms with van der Waals surface area (Å²) < 4.78 is 18.2. The van der Waals surface area contributed by atoms with Gasteiger partial charge in [-0.05, 0) is 48.5 Å². The number of fused-ring (bicyclic) bond motifs is 8. The highest BCUT2D eigenvalue weighted by molar-refractivity contribution is 6.32. The van der Waals surface area contributed by atoms with Crippen LogP contribution in [0.1, 0.15) is 0 Å². The third-order valence-electron chi connectivity index (χ3n) is 5.59. The number of benzene rings is 4. The molecule has 3 heterocycles. The van der Waals surface area contributed by atoms with Crippen LogP contribution in [0.2, 0.25) is 5.02 Å². The third kappa shape index (κ3) is 2.09. The van der Waals surface area contributed by atoms with Gasteiger partial charge in [0.15, 0.2) is 5.58 Å². The molecule has 0 spiro atoms. The average Bonchev–Trinajstić information content (AvgIpc) is 3.45. The zero-order chi connectivity index (χ0) is 19.8. The second-order valence-electron chi connectivity index (χ2n) is 7.32. The molecule has 0 saturated heterocycles. The molecule has 0 fully saturated rings. The summed E-state index contributed by atoms with van der Waals surface area (Å²) in [6, 6.07) is 23.3. The van der Waals surface area contributed by atoms with Crippen molar-refractivity contribution in [3.63, 3.8) is 0 Å². The van der Waals surface area contributed by atoms with E-state index in [-0.39, 0.29) is 0 Å². The van der Waals surface area contributed by atoms with Crippen LogP contribution in [0, 0.1) is 0 Å². The highest BCUT2D eigenvalue weighted by atomic mass is 35.5. The number of nitrogens with zero attached hydrogens (tertiary/aromatic N) is 1. The number of oxazole rings is 1. The molecular formula is C25H12ClNO3. The summed E-state index contributed by atoms with van der Waals surface area (Å²) in [7, 11) is 0. The van der Waals surface area contributed by atoms with Gasteiger partial charge < -0.3 is 13.3 Å². The highest BCUT2D eigenvalue weighted by Gasteiger charge is 2.19. The number of para-hydroxylation sites is 1. The minimum absolute atomic E-state index is 0.547. The van der Waals surface area contributed by atoms with Gasteiger partial charge in [-0.25, -0.2) is 4.98 Å². The van der Waals surface area contributed by atoms with E-state index in [1.54, 1.807) is 0 Å². The van der Waals surface area contributed by atoms with Crippen molar-refractivity contribution in [2.45, 2.75) is 0 Å². The number of halogens is 1. The molecule has 0 atom stereocenters. The molecule has 0 amide bonds. The third-order valence-corrected chi connectivity index (χ3v) is 5.82. The number of furan rings is 2. The van der Waals surface area contributed by atoms with Crippen LogP contribution in [0.4, 0.5) is 0 Å². The zero-order valence-corrected chi connectivity index (χ0v) is 16.2. The van der Waals surface area contributed by atoms with E-state index in [9.17, 15) is 0 Å². The fourth-order valence-electron chi connectivity index (χ4n) is 4.29. The molecule has 0 N–H and O–H groups in total. The number of hydrogen-bond donors (Lipinski definition) is 0. The Morgan fingerprint density at radius 2 is 1.33 bits per heavy atom. The normalized spacial score (nSPS) is 12.2. The molecule has 0 bridgehead atoms. The van der Waals surface area contributed by atoms with Crippen LogP contribution >= 0.6 is 11.6 Å². The van der Waals surface area contributed by atoms with E-state index >= 15 is 0 Å². The summed E-state index contributed by atoms with van der Waals surface area (Å²) in [6.45, 7) is 0. The first-order chi connectivity index (χ1) is 14.8. The van der Waals surface area contributed by atoms with Gasteiger partial charge in [0.25, 0.3) is 0 Å². The van der Waals surface area contributed by atoms with Crippen LogP contribution in [-0.2, 0) is 0 Å². The van der Waals surface area contributed by atoms with Crippen LogP contribution in [0.5, 0.6) is 0 Å². The molecule has 0 aliphatic rings. The van der Waals surface area contributed by atoms with E-state index in [2.05, 4.69) is 6.07 Å². The minimum atomic E-state index is 0.547. The van der Waals surface area contributed by atoms with Gasteiger partial charge in [0.2, 0.25) is 5.89 Å². The SMILES string of the molecule is Clc1ccc2oc3ccc4oc(-c5cccc6oc7ccccc7c56)nc4c3c2c1. The van der Waals surface area contributed by atoms with Crippen molar-refractivity contribution in [3.05, 3.63) is 77.8 Å². The van der Waals surface area contributed by atoms with Crippen molar-refractivity contribution >= 4 is 66.6 Å². The van der Waals surface area contributed by atoms with Crippen molar-refractivity contribution in [1.82, 2.24) is 4.98 Å². The predicted octanol–water partition coefficient (Wildman–Crippen LogP) is 7.95. The zero-order valence-electron chi connectivity index (χ0n) is 15.5. The number of hydrogen-bond acceptors (Lipinski definition) is 4. The summed E-state index contributed by atoms with van der Waals surface area (Å²) in [5, 5.41) is 4.52. The van der Waals surface area contributed by atoms with Gasteiger partial charge in [-0.1, -0.05) is 35.9 Å². The van der Waals surface area contributed by atoms with Crippen LogP contribution in [-0.4, -0.2) is 4.98 Å². The molecule has 30 heavy (non-hydrogen) atoms. The molecule has 0 saturated carbocycles. The molecule has 0 radical (unpaired) electrons. The average molecular weight is 410 g/mol. The lowest BCUT2D eigenvalue weighted by molar-refractivity contribution is 0.620. The molecule has 0 aliphatic heterocycles. The fraction of sp³-hybridized carbons (Fsp3) is 0. The Morgan fingerprint density at radius 3 is 2.27 bits per heavy atom. The second-order valence-corrected chi connectivity index (χ2v) is 7.76. The summed E-state index contributed by atoms with van der Waals surface area (Å²) in [5.74, 6) is 0.547. The van der Waals surface area contributed by atoms with Crippen LogP contribution in [0.15, 0.2) is 86.0 Å². The minimum Gasteiger partial charge on any atom is -0.456 e. The molecule has 7 rings (SSSR count). The Kier molecular flexibility index (Phi) is 3.03. The summed E-state index contributed by atoms with van der Waals surface area (Å²) >= 11 is 6.24. The van der Waals surface area contributed by atoms with Gasteiger partial charge in [0.1, 0.15) is 27.8 Å². The van der Waals surface area contributed by atoms with Gasteiger partial charge >= 0.3 is 0 Å². The Bertz CT molecular complexity index is 1770. The van der Waals surface area contributed by atoms with E-state index < -0.39 is 0 Å². The van der Waals surface area contributed by atoms with Gasteiger partial charge in [0, 0.05) is 26.7 Å². The fourth-order valence-corrected chi connectivity index (χ4v) is 4.47. The van der Waals surface area contributed by atoms with Crippen LogP contribution in [0.3, 0.4) is 0 Å². The monoisotopic (exact) mass is 409 g/mol. The summed E-state index contributed by atoms with van der Waals surface area (Å²) in [4.78, 5) is 4.89. The first-order valence-corrected chi connectivity index (χ1v) is 9.96. The Hall–Kier alpha value is -3.76. The topological polar surface area (TPSA) is 52.3 Å². The van der Waals surface area contributed by atoms with E-state index in [1.165, 1.54) is 0 Å². The first kappa shape index (κ1) is 16.1. The van der Waals surface area contributed by atoms with Crippen molar-refractivity contribution < 1.29 is 13.3 Å². The Labute approximate surface area is 174 Å². The summed E-state index contributed by atoms with van der Waals surface area (Å²) in [6.07, 6.45) is 0. The molecule has 0 aliphatic carbocycles. The lowest BCUT2D eigenvalue weighted by Crippen LogP contribution is -1.79. The van der Waals surface area contributed by atoms with Gasteiger partial charge in [-0.15, -0.1) is 0 Å². The number of rotatable bonds is 1. The molecule has 142 valence electrons. The number of aromatic nitrogens is 1.